The highest BCUT2D eigenvalue weighted by atomic mass is 32.2. The number of hydrogen-bond donors (Lipinski definition) is 0. The Kier molecular flexibility index (Phi) is 6.84. The molecule has 0 aliphatic carbocycles. The molecule has 0 fully saturated rings. The molecular weight excluding hydrogens is 542 g/mol. The minimum atomic E-state index is -5.05. The van der Waals surface area contributed by atoms with Crippen molar-refractivity contribution in [1.82, 2.24) is 19.5 Å². The molecular formula is C23H16F6N4O2S2. The van der Waals surface area contributed by atoms with E-state index in [9.17, 15) is 34.8 Å². The van der Waals surface area contributed by atoms with Gasteiger partial charge in [-0.2, -0.15) is 26.3 Å². The maximum atomic E-state index is 13.5. The lowest BCUT2D eigenvalue weighted by molar-refractivity contribution is -0.143. The Hall–Kier alpha value is -3.39. The van der Waals surface area contributed by atoms with Crippen LogP contribution in [0.5, 0.6) is 0 Å². The van der Waals surface area contributed by atoms with Crippen molar-refractivity contribution in [3.8, 4) is 22.5 Å². The highest BCUT2D eigenvalue weighted by Crippen LogP contribution is 2.41. The molecule has 3 aromatic heterocycles. The molecule has 3 heterocycles. The Morgan fingerprint density at radius 2 is 1.46 bits per heavy atom. The topological polar surface area (TPSA) is 77.7 Å². The molecule has 14 heteroatoms. The molecule has 0 aliphatic rings. The second kappa shape index (κ2) is 9.49. The lowest BCUT2D eigenvalue weighted by Gasteiger charge is -2.16. The Labute approximate surface area is 211 Å². The monoisotopic (exact) mass is 558 g/mol. The van der Waals surface area contributed by atoms with Crippen LogP contribution < -0.4 is 0 Å². The normalized spacial score (nSPS) is 12.6. The number of halogens is 6. The molecule has 0 amide bonds. The molecule has 0 bridgehead atoms. The zero-order valence-electron chi connectivity index (χ0n) is 19.0. The van der Waals surface area contributed by atoms with Crippen molar-refractivity contribution in [1.29, 1.82) is 0 Å². The molecule has 0 radical (unpaired) electrons. The summed E-state index contributed by atoms with van der Waals surface area (Å²) in [5, 5.41) is 0.0647. The summed E-state index contributed by atoms with van der Waals surface area (Å²) in [4.78, 5) is 12.7. The smallest absolute Gasteiger partial charge is 0.355 e. The average Bonchev–Trinajstić information content (AvgIpc) is 3.18. The molecule has 0 aliphatic heterocycles. The predicted octanol–water partition coefficient (Wildman–Crippen LogP) is 6.14. The first kappa shape index (κ1) is 26.7. The van der Waals surface area contributed by atoms with Gasteiger partial charge in [0.15, 0.2) is 9.84 Å². The number of alkyl halides is 6. The summed E-state index contributed by atoms with van der Waals surface area (Å²) < 4.78 is 107. The van der Waals surface area contributed by atoms with E-state index in [1.165, 1.54) is 47.7 Å². The zero-order chi connectivity index (χ0) is 27.2. The Morgan fingerprint density at radius 3 is 2.00 bits per heavy atom. The molecule has 194 valence electrons. The molecule has 4 aromatic rings. The number of rotatable bonds is 5. The van der Waals surface area contributed by atoms with Crippen molar-refractivity contribution in [2.75, 3.05) is 6.26 Å². The maximum Gasteiger partial charge on any atom is 0.416 e. The van der Waals surface area contributed by atoms with E-state index in [4.69, 9.17) is 0 Å². The van der Waals surface area contributed by atoms with Gasteiger partial charge in [-0.25, -0.2) is 13.4 Å². The van der Waals surface area contributed by atoms with Crippen LogP contribution in [-0.4, -0.2) is 34.2 Å². The SMILES string of the molecule is Cn1cc(Sc2cnc(-c3ccncc3)c(-c3cc(C(F)(F)F)cc(C(F)(F)F)c3)n2)c(S(C)(=O)=O)c1. The molecule has 0 spiro atoms. The van der Waals surface area contributed by atoms with Crippen molar-refractivity contribution >= 4 is 21.6 Å². The molecule has 4 rings (SSSR count). The van der Waals surface area contributed by atoms with E-state index in [0.717, 1.165) is 18.0 Å². The average molecular weight is 559 g/mol. The summed E-state index contributed by atoms with van der Waals surface area (Å²) in [7, 11) is -2.04. The van der Waals surface area contributed by atoms with Gasteiger partial charge >= 0.3 is 12.4 Å². The van der Waals surface area contributed by atoms with Crippen LogP contribution in [0, 0.1) is 0 Å². The molecule has 0 saturated carbocycles. The fourth-order valence-corrected chi connectivity index (χ4v) is 5.63. The molecule has 0 N–H and O–H groups in total. The summed E-state index contributed by atoms with van der Waals surface area (Å²) in [5.74, 6) is 0. The molecule has 37 heavy (non-hydrogen) atoms. The number of aromatic nitrogens is 4. The van der Waals surface area contributed by atoms with E-state index >= 15 is 0 Å². The van der Waals surface area contributed by atoms with E-state index in [0.29, 0.717) is 17.7 Å². The first-order chi connectivity index (χ1) is 17.1. The largest absolute Gasteiger partial charge is 0.416 e. The van der Waals surface area contributed by atoms with Crippen LogP contribution >= 0.6 is 11.8 Å². The van der Waals surface area contributed by atoms with Gasteiger partial charge in [-0.3, -0.25) is 9.97 Å². The van der Waals surface area contributed by atoms with Crippen molar-refractivity contribution in [2.24, 2.45) is 7.05 Å². The lowest BCUT2D eigenvalue weighted by atomic mass is 9.99. The van der Waals surface area contributed by atoms with Crippen LogP contribution in [0.3, 0.4) is 0 Å². The third-order valence-electron chi connectivity index (χ3n) is 5.06. The Bertz CT molecular complexity index is 1530. The first-order valence-corrected chi connectivity index (χ1v) is 12.9. The van der Waals surface area contributed by atoms with Crippen molar-refractivity contribution in [3.05, 3.63) is 72.4 Å². The summed E-state index contributed by atoms with van der Waals surface area (Å²) in [5.41, 5.74) is -3.32. The number of benzene rings is 1. The van der Waals surface area contributed by atoms with Gasteiger partial charge in [0.25, 0.3) is 0 Å². The van der Waals surface area contributed by atoms with Crippen LogP contribution in [0.2, 0.25) is 0 Å². The van der Waals surface area contributed by atoms with Gasteiger partial charge in [-0.05, 0) is 30.3 Å². The van der Waals surface area contributed by atoms with Crippen molar-refractivity contribution < 1.29 is 34.8 Å². The third kappa shape index (κ3) is 5.96. The van der Waals surface area contributed by atoms with Gasteiger partial charge in [0.1, 0.15) is 5.03 Å². The van der Waals surface area contributed by atoms with E-state index in [2.05, 4.69) is 15.0 Å². The van der Waals surface area contributed by atoms with Crippen LogP contribution in [-0.2, 0) is 29.2 Å². The van der Waals surface area contributed by atoms with E-state index in [-0.39, 0.29) is 32.3 Å². The lowest BCUT2D eigenvalue weighted by Crippen LogP contribution is -2.11. The summed E-state index contributed by atoms with van der Waals surface area (Å²) in [6.45, 7) is 0. The van der Waals surface area contributed by atoms with Gasteiger partial charge < -0.3 is 4.57 Å². The van der Waals surface area contributed by atoms with Crippen LogP contribution in [0.15, 0.2) is 76.1 Å². The standard InChI is InChI=1S/C23H16F6N4O2S2/c1-33-11-17(18(12-33)37(2,34)35)36-19-10-31-20(13-3-5-30-6-4-13)21(32-19)14-7-15(22(24,25)26)9-16(8-14)23(27,28)29/h3-12H,1-2H3. The van der Waals surface area contributed by atoms with Gasteiger partial charge in [0, 0.05) is 49.2 Å². The van der Waals surface area contributed by atoms with Gasteiger partial charge in [-0.1, -0.05) is 11.8 Å². The molecule has 0 saturated heterocycles. The number of hydrogen-bond acceptors (Lipinski definition) is 6. The molecule has 6 nitrogen and oxygen atoms in total. The second-order valence-corrected chi connectivity index (χ2v) is 11.0. The number of nitrogens with zero attached hydrogens (tertiary/aromatic N) is 4. The van der Waals surface area contributed by atoms with Gasteiger partial charge in [0.05, 0.1) is 38.5 Å². The molecule has 0 atom stereocenters. The van der Waals surface area contributed by atoms with Crippen LogP contribution in [0.4, 0.5) is 26.3 Å². The van der Waals surface area contributed by atoms with Crippen molar-refractivity contribution in [2.45, 2.75) is 27.2 Å². The predicted molar refractivity (Wildman–Crippen MR) is 123 cm³/mol. The Balaban J connectivity index is 1.94. The maximum absolute atomic E-state index is 13.5. The summed E-state index contributed by atoms with van der Waals surface area (Å²) in [6.07, 6.45) is -2.18. The highest BCUT2D eigenvalue weighted by Gasteiger charge is 2.37. The minimum absolute atomic E-state index is 0.0139. The second-order valence-electron chi connectivity index (χ2n) is 7.96. The summed E-state index contributed by atoms with van der Waals surface area (Å²) >= 11 is 0.864. The fraction of sp³-hybridized carbons (Fsp3) is 0.174. The van der Waals surface area contributed by atoms with Gasteiger partial charge in [-0.15, -0.1) is 0 Å². The molecule has 1 aromatic carbocycles. The van der Waals surface area contributed by atoms with E-state index in [1.54, 1.807) is 7.05 Å². The van der Waals surface area contributed by atoms with E-state index < -0.39 is 38.9 Å². The number of aryl methyl sites for hydroxylation is 1. The first-order valence-electron chi connectivity index (χ1n) is 10.2. The van der Waals surface area contributed by atoms with Gasteiger partial charge in [0.2, 0.25) is 0 Å². The number of sulfone groups is 1. The molecule has 0 unspecified atom stereocenters. The van der Waals surface area contributed by atoms with Crippen molar-refractivity contribution in [3.63, 3.8) is 0 Å². The van der Waals surface area contributed by atoms with E-state index in [1.807, 2.05) is 0 Å². The van der Waals surface area contributed by atoms with Crippen LogP contribution in [0.1, 0.15) is 11.1 Å². The summed E-state index contributed by atoms with van der Waals surface area (Å²) in [6, 6.07) is 4.14. The highest BCUT2D eigenvalue weighted by molar-refractivity contribution is 8.00. The third-order valence-corrected chi connectivity index (χ3v) is 7.27. The fourth-order valence-electron chi connectivity index (χ4n) is 3.44. The minimum Gasteiger partial charge on any atom is -0.355 e. The van der Waals surface area contributed by atoms with Crippen LogP contribution in [0.25, 0.3) is 22.5 Å². The Morgan fingerprint density at radius 1 is 0.865 bits per heavy atom. The number of pyridine rings is 1. The quantitative estimate of drug-likeness (QED) is 0.274. The zero-order valence-corrected chi connectivity index (χ0v) is 20.6.